The lowest BCUT2D eigenvalue weighted by atomic mass is 9.89. The summed E-state index contributed by atoms with van der Waals surface area (Å²) < 4.78 is 0. The molecule has 1 aliphatic heterocycles. The minimum Gasteiger partial charge on any atom is -0.342 e. The number of nitrogens with one attached hydrogen (secondary N) is 2. The summed E-state index contributed by atoms with van der Waals surface area (Å²) >= 11 is 0. The smallest absolute Gasteiger partial charge is 0.251 e. The Morgan fingerprint density at radius 1 is 1.00 bits per heavy atom. The SMILES string of the molecule is O=C1CCC(CC(=O)[C@H](Cc2ccccc2)NC(=O)c2ccccc2)C(=O)N1. The number of ketones is 1. The second kappa shape index (κ2) is 9.08. The predicted octanol–water partition coefficient (Wildman–Crippen LogP) is 2.04. The Labute approximate surface area is 163 Å². The van der Waals surface area contributed by atoms with Crippen molar-refractivity contribution in [1.82, 2.24) is 10.6 Å². The lowest BCUT2D eigenvalue weighted by Crippen LogP contribution is -2.46. The molecule has 144 valence electrons. The number of hydrogen-bond acceptors (Lipinski definition) is 4. The van der Waals surface area contributed by atoms with Crippen LogP contribution in [0.15, 0.2) is 60.7 Å². The Hall–Kier alpha value is -3.28. The number of Topliss-reactive ketones (excluding diaryl/α,β-unsaturated/α-hetero) is 1. The predicted molar refractivity (Wildman–Crippen MR) is 103 cm³/mol. The van der Waals surface area contributed by atoms with Crippen molar-refractivity contribution in [3.05, 3.63) is 71.8 Å². The van der Waals surface area contributed by atoms with E-state index < -0.39 is 17.9 Å². The molecule has 0 spiro atoms. The Balaban J connectivity index is 1.73. The second-order valence-corrected chi connectivity index (χ2v) is 6.90. The van der Waals surface area contributed by atoms with Crippen molar-refractivity contribution >= 4 is 23.5 Å². The number of benzene rings is 2. The third-order valence-electron chi connectivity index (χ3n) is 4.81. The van der Waals surface area contributed by atoms with Crippen LogP contribution < -0.4 is 10.6 Å². The average Bonchev–Trinajstić information content (AvgIpc) is 2.71. The van der Waals surface area contributed by atoms with Gasteiger partial charge in [-0.05, 0) is 30.5 Å². The van der Waals surface area contributed by atoms with E-state index in [0.29, 0.717) is 18.4 Å². The summed E-state index contributed by atoms with van der Waals surface area (Å²) in [6.07, 6.45) is 0.904. The van der Waals surface area contributed by atoms with Gasteiger partial charge in [-0.15, -0.1) is 0 Å². The lowest BCUT2D eigenvalue weighted by molar-refractivity contribution is -0.138. The first-order chi connectivity index (χ1) is 13.5. The zero-order valence-electron chi connectivity index (χ0n) is 15.4. The quantitative estimate of drug-likeness (QED) is 0.721. The van der Waals surface area contributed by atoms with Gasteiger partial charge in [0.05, 0.1) is 6.04 Å². The van der Waals surface area contributed by atoms with Gasteiger partial charge in [-0.1, -0.05) is 48.5 Å². The zero-order valence-corrected chi connectivity index (χ0v) is 15.4. The molecule has 3 amide bonds. The molecule has 0 aliphatic carbocycles. The number of piperidine rings is 1. The molecule has 6 heteroatoms. The van der Waals surface area contributed by atoms with E-state index in [1.54, 1.807) is 24.3 Å². The molecule has 0 bridgehead atoms. The van der Waals surface area contributed by atoms with Gasteiger partial charge in [-0.3, -0.25) is 24.5 Å². The van der Waals surface area contributed by atoms with Crippen molar-refractivity contribution in [2.45, 2.75) is 31.7 Å². The molecule has 6 nitrogen and oxygen atoms in total. The van der Waals surface area contributed by atoms with Gasteiger partial charge >= 0.3 is 0 Å². The maximum atomic E-state index is 12.9. The molecule has 0 radical (unpaired) electrons. The number of hydrogen-bond donors (Lipinski definition) is 2. The normalized spacial score (nSPS) is 17.5. The fourth-order valence-corrected chi connectivity index (χ4v) is 3.24. The first-order valence-corrected chi connectivity index (χ1v) is 9.29. The van der Waals surface area contributed by atoms with Crippen LogP contribution in [0, 0.1) is 5.92 Å². The van der Waals surface area contributed by atoms with Crippen LogP contribution in [0.2, 0.25) is 0 Å². The van der Waals surface area contributed by atoms with Gasteiger partial charge in [0, 0.05) is 24.3 Å². The van der Waals surface area contributed by atoms with Gasteiger partial charge in [-0.2, -0.15) is 0 Å². The molecular weight excluding hydrogens is 356 g/mol. The summed E-state index contributed by atoms with van der Waals surface area (Å²) in [4.78, 5) is 48.8. The van der Waals surface area contributed by atoms with Crippen molar-refractivity contribution in [2.75, 3.05) is 0 Å². The second-order valence-electron chi connectivity index (χ2n) is 6.90. The van der Waals surface area contributed by atoms with Gasteiger partial charge in [0.25, 0.3) is 5.91 Å². The summed E-state index contributed by atoms with van der Waals surface area (Å²) in [5.74, 6) is -1.83. The Morgan fingerprint density at radius 3 is 2.29 bits per heavy atom. The molecule has 1 aliphatic rings. The van der Waals surface area contributed by atoms with Crippen LogP contribution >= 0.6 is 0 Å². The van der Waals surface area contributed by atoms with E-state index in [-0.39, 0.29) is 30.4 Å². The highest BCUT2D eigenvalue weighted by Gasteiger charge is 2.31. The Kier molecular flexibility index (Phi) is 6.32. The van der Waals surface area contributed by atoms with Gasteiger partial charge in [0.15, 0.2) is 5.78 Å². The summed E-state index contributed by atoms with van der Waals surface area (Å²) in [6.45, 7) is 0. The first kappa shape index (κ1) is 19.5. The third-order valence-corrected chi connectivity index (χ3v) is 4.81. The van der Waals surface area contributed by atoms with Gasteiger partial charge < -0.3 is 5.32 Å². The van der Waals surface area contributed by atoms with Crippen LogP contribution in [-0.4, -0.2) is 29.5 Å². The van der Waals surface area contributed by atoms with E-state index in [9.17, 15) is 19.2 Å². The largest absolute Gasteiger partial charge is 0.342 e. The molecule has 1 fully saturated rings. The maximum Gasteiger partial charge on any atom is 0.251 e. The van der Waals surface area contributed by atoms with Crippen molar-refractivity contribution in [1.29, 1.82) is 0 Å². The van der Waals surface area contributed by atoms with Crippen molar-refractivity contribution in [3.8, 4) is 0 Å². The van der Waals surface area contributed by atoms with E-state index in [1.165, 1.54) is 0 Å². The number of amides is 3. The number of carbonyl (C=O) groups is 4. The monoisotopic (exact) mass is 378 g/mol. The molecule has 2 N–H and O–H groups in total. The summed E-state index contributed by atoms with van der Waals surface area (Å²) in [7, 11) is 0. The highest BCUT2D eigenvalue weighted by atomic mass is 16.2. The molecule has 1 unspecified atom stereocenters. The molecule has 2 atom stereocenters. The summed E-state index contributed by atoms with van der Waals surface area (Å²) in [5.41, 5.74) is 1.38. The summed E-state index contributed by atoms with van der Waals surface area (Å²) in [5, 5.41) is 5.08. The molecule has 2 aromatic carbocycles. The zero-order chi connectivity index (χ0) is 19.9. The topological polar surface area (TPSA) is 92.3 Å². The van der Waals surface area contributed by atoms with Crippen molar-refractivity contribution < 1.29 is 19.2 Å². The van der Waals surface area contributed by atoms with Gasteiger partial charge in [0.2, 0.25) is 11.8 Å². The fourth-order valence-electron chi connectivity index (χ4n) is 3.24. The third kappa shape index (κ3) is 5.13. The minimum absolute atomic E-state index is 0.00825. The Morgan fingerprint density at radius 2 is 1.64 bits per heavy atom. The molecule has 0 saturated carbocycles. The Bertz CT molecular complexity index is 865. The van der Waals surface area contributed by atoms with E-state index >= 15 is 0 Å². The average molecular weight is 378 g/mol. The highest BCUT2D eigenvalue weighted by Crippen LogP contribution is 2.18. The van der Waals surface area contributed by atoms with Crippen molar-refractivity contribution in [2.24, 2.45) is 5.92 Å². The van der Waals surface area contributed by atoms with Crippen LogP contribution in [0.5, 0.6) is 0 Å². The molecular formula is C22H22N2O4. The van der Waals surface area contributed by atoms with Gasteiger partial charge in [0.1, 0.15) is 0 Å². The molecule has 28 heavy (non-hydrogen) atoms. The summed E-state index contributed by atoms with van der Waals surface area (Å²) in [6, 6.07) is 17.3. The van der Waals surface area contributed by atoms with Crippen LogP contribution in [-0.2, 0) is 20.8 Å². The highest BCUT2D eigenvalue weighted by molar-refractivity contribution is 6.02. The molecule has 1 heterocycles. The number of imide groups is 1. The number of rotatable bonds is 7. The maximum absolute atomic E-state index is 12.9. The fraction of sp³-hybridized carbons (Fsp3) is 0.273. The van der Waals surface area contributed by atoms with E-state index in [2.05, 4.69) is 10.6 Å². The van der Waals surface area contributed by atoms with Gasteiger partial charge in [-0.25, -0.2) is 0 Å². The minimum atomic E-state index is -0.750. The molecule has 3 rings (SSSR count). The van der Waals surface area contributed by atoms with Crippen molar-refractivity contribution in [3.63, 3.8) is 0 Å². The standard InChI is InChI=1S/C22H22N2O4/c25-19(14-17-11-12-20(26)24-22(17)28)18(13-15-7-3-1-4-8-15)23-21(27)16-9-5-2-6-10-16/h1-10,17-18H,11-14H2,(H,23,27)(H,24,26,28)/t17?,18-/m0/s1. The molecule has 1 saturated heterocycles. The first-order valence-electron chi connectivity index (χ1n) is 9.29. The van der Waals surface area contributed by atoms with Crippen LogP contribution in [0.4, 0.5) is 0 Å². The van der Waals surface area contributed by atoms with E-state index in [1.807, 2.05) is 36.4 Å². The molecule has 2 aromatic rings. The van der Waals surface area contributed by atoms with Crippen LogP contribution in [0.3, 0.4) is 0 Å². The van der Waals surface area contributed by atoms with E-state index in [0.717, 1.165) is 5.56 Å². The lowest BCUT2D eigenvalue weighted by Gasteiger charge is -2.23. The number of carbonyl (C=O) groups excluding carboxylic acids is 4. The molecule has 0 aromatic heterocycles. The van der Waals surface area contributed by atoms with Crippen LogP contribution in [0.1, 0.15) is 35.2 Å². The van der Waals surface area contributed by atoms with E-state index in [4.69, 9.17) is 0 Å². The van der Waals surface area contributed by atoms with Crippen LogP contribution in [0.25, 0.3) is 0 Å².